The van der Waals surface area contributed by atoms with E-state index in [-0.39, 0.29) is 11.9 Å². The van der Waals surface area contributed by atoms with Crippen LogP contribution >= 0.6 is 11.8 Å². The van der Waals surface area contributed by atoms with E-state index in [1.807, 2.05) is 11.8 Å². The summed E-state index contributed by atoms with van der Waals surface area (Å²) in [5.74, 6) is -0.153. The number of likely N-dealkylation sites (tertiary alicyclic amines) is 1. The highest BCUT2D eigenvalue weighted by atomic mass is 32.2. The summed E-state index contributed by atoms with van der Waals surface area (Å²) in [4.78, 5) is 15.2. The zero-order chi connectivity index (χ0) is 13.2. The highest BCUT2D eigenvalue weighted by Crippen LogP contribution is 2.37. The third-order valence-electron chi connectivity index (χ3n) is 4.09. The number of carbonyl (C=O) groups is 1. The maximum absolute atomic E-state index is 11.5. The second-order valence-electron chi connectivity index (χ2n) is 5.46. The zero-order valence-electron chi connectivity index (χ0n) is 11.0. The fraction of sp³-hybridized carbons (Fsp3) is 0.533. The third kappa shape index (κ3) is 2.79. The van der Waals surface area contributed by atoms with Crippen molar-refractivity contribution in [3.63, 3.8) is 0 Å². The molecule has 0 aliphatic carbocycles. The summed E-state index contributed by atoms with van der Waals surface area (Å²) in [5, 5.41) is 0.567. The summed E-state index contributed by atoms with van der Waals surface area (Å²) in [5.41, 5.74) is 6.98. The van der Waals surface area contributed by atoms with Crippen LogP contribution in [0, 0.1) is 0 Å². The van der Waals surface area contributed by atoms with Crippen molar-refractivity contribution in [1.82, 2.24) is 4.90 Å². The first kappa shape index (κ1) is 13.0. The summed E-state index contributed by atoms with van der Waals surface area (Å²) < 4.78 is 0. The van der Waals surface area contributed by atoms with Gasteiger partial charge in [0.05, 0.1) is 6.04 Å². The van der Waals surface area contributed by atoms with Gasteiger partial charge < -0.3 is 5.73 Å². The maximum Gasteiger partial charge on any atom is 0.234 e. The minimum atomic E-state index is -0.153. The molecule has 19 heavy (non-hydrogen) atoms. The summed E-state index contributed by atoms with van der Waals surface area (Å²) in [6, 6.07) is 8.57. The van der Waals surface area contributed by atoms with E-state index in [0.29, 0.717) is 5.25 Å². The molecule has 102 valence electrons. The van der Waals surface area contributed by atoms with Crippen LogP contribution in [0.1, 0.15) is 24.8 Å². The molecule has 2 aliphatic rings. The molecule has 0 saturated carbocycles. The number of piperidine rings is 1. The first-order valence-corrected chi connectivity index (χ1v) is 7.90. The molecular weight excluding hydrogens is 256 g/mol. The Kier molecular flexibility index (Phi) is 3.80. The lowest BCUT2D eigenvalue weighted by Crippen LogP contribution is -2.49. The Hall–Kier alpha value is -1.00. The number of thioether (sulfide) groups is 1. The summed E-state index contributed by atoms with van der Waals surface area (Å²) in [7, 11) is 0. The van der Waals surface area contributed by atoms with Gasteiger partial charge in [0.1, 0.15) is 0 Å². The number of hydrogen-bond donors (Lipinski definition) is 1. The highest BCUT2D eigenvalue weighted by molar-refractivity contribution is 8.00. The first-order valence-electron chi connectivity index (χ1n) is 7.02. The van der Waals surface area contributed by atoms with Crippen LogP contribution in [0.3, 0.4) is 0 Å². The van der Waals surface area contributed by atoms with E-state index in [9.17, 15) is 4.79 Å². The standard InChI is InChI=1S/C15H20N2OS/c16-15(18)13-6-3-4-8-17(13)10-12-9-11-5-1-2-7-14(11)19-12/h1-2,5,7,12-13H,3-4,6,8-10H2,(H2,16,18). The van der Waals surface area contributed by atoms with Gasteiger partial charge in [0.2, 0.25) is 5.91 Å². The van der Waals surface area contributed by atoms with Gasteiger partial charge in [-0.15, -0.1) is 11.8 Å². The molecule has 2 unspecified atom stereocenters. The van der Waals surface area contributed by atoms with Crippen LogP contribution in [0.2, 0.25) is 0 Å². The van der Waals surface area contributed by atoms with Crippen molar-refractivity contribution in [1.29, 1.82) is 0 Å². The topological polar surface area (TPSA) is 46.3 Å². The number of nitrogens with two attached hydrogens (primary N) is 1. The third-order valence-corrected chi connectivity index (χ3v) is 5.40. The molecule has 2 heterocycles. The predicted molar refractivity (Wildman–Crippen MR) is 78.2 cm³/mol. The average Bonchev–Trinajstić information content (AvgIpc) is 2.81. The van der Waals surface area contributed by atoms with Gasteiger partial charge in [-0.05, 0) is 37.4 Å². The second-order valence-corrected chi connectivity index (χ2v) is 6.80. The molecular formula is C15H20N2OS. The van der Waals surface area contributed by atoms with Crippen molar-refractivity contribution in [3.8, 4) is 0 Å². The van der Waals surface area contributed by atoms with Crippen molar-refractivity contribution in [2.75, 3.05) is 13.1 Å². The van der Waals surface area contributed by atoms with E-state index in [4.69, 9.17) is 5.73 Å². The SMILES string of the molecule is NC(=O)C1CCCCN1CC1Cc2ccccc2S1. The average molecular weight is 276 g/mol. The fourth-order valence-electron chi connectivity index (χ4n) is 3.15. The quantitative estimate of drug-likeness (QED) is 0.919. The molecule has 2 atom stereocenters. The number of rotatable bonds is 3. The molecule has 2 N–H and O–H groups in total. The van der Waals surface area contributed by atoms with Crippen molar-refractivity contribution < 1.29 is 4.79 Å². The molecule has 2 aliphatic heterocycles. The molecule has 1 fully saturated rings. The second kappa shape index (κ2) is 5.55. The van der Waals surface area contributed by atoms with Crippen LogP contribution in [-0.2, 0) is 11.2 Å². The fourth-order valence-corrected chi connectivity index (χ4v) is 4.50. The van der Waals surface area contributed by atoms with Crippen molar-refractivity contribution in [2.24, 2.45) is 5.73 Å². The number of fused-ring (bicyclic) bond motifs is 1. The molecule has 1 saturated heterocycles. The zero-order valence-corrected chi connectivity index (χ0v) is 11.9. The Balaban J connectivity index is 1.64. The molecule has 3 rings (SSSR count). The lowest BCUT2D eigenvalue weighted by molar-refractivity contribution is -0.124. The number of hydrogen-bond acceptors (Lipinski definition) is 3. The monoisotopic (exact) mass is 276 g/mol. The Morgan fingerprint density at radius 2 is 2.21 bits per heavy atom. The highest BCUT2D eigenvalue weighted by Gasteiger charge is 2.31. The number of nitrogens with zero attached hydrogens (tertiary/aromatic N) is 1. The first-order chi connectivity index (χ1) is 9.24. The Morgan fingerprint density at radius 3 is 3.00 bits per heavy atom. The van der Waals surface area contributed by atoms with Gasteiger partial charge in [0.15, 0.2) is 0 Å². The van der Waals surface area contributed by atoms with E-state index in [1.54, 1.807) is 0 Å². The molecule has 0 aromatic heterocycles. The van der Waals surface area contributed by atoms with Gasteiger partial charge in [0, 0.05) is 16.7 Å². The van der Waals surface area contributed by atoms with Crippen LogP contribution in [0.4, 0.5) is 0 Å². The van der Waals surface area contributed by atoms with Gasteiger partial charge in [-0.3, -0.25) is 9.69 Å². The molecule has 4 heteroatoms. The Morgan fingerprint density at radius 1 is 1.37 bits per heavy atom. The van der Waals surface area contributed by atoms with Crippen molar-refractivity contribution in [2.45, 2.75) is 41.9 Å². The predicted octanol–water partition coefficient (Wildman–Crippen LogP) is 2.04. The van der Waals surface area contributed by atoms with E-state index in [2.05, 4.69) is 29.2 Å². The van der Waals surface area contributed by atoms with E-state index in [0.717, 1.165) is 32.4 Å². The normalized spacial score (nSPS) is 27.2. The molecule has 1 amide bonds. The van der Waals surface area contributed by atoms with E-state index in [1.165, 1.54) is 16.9 Å². The Labute approximate surface area is 118 Å². The van der Waals surface area contributed by atoms with Crippen molar-refractivity contribution >= 4 is 17.7 Å². The summed E-state index contributed by atoms with van der Waals surface area (Å²) in [6.45, 7) is 1.99. The van der Waals surface area contributed by atoms with Gasteiger partial charge >= 0.3 is 0 Å². The van der Waals surface area contributed by atoms with Crippen LogP contribution in [0.5, 0.6) is 0 Å². The molecule has 0 radical (unpaired) electrons. The smallest absolute Gasteiger partial charge is 0.234 e. The Bertz CT molecular complexity index is 452. The van der Waals surface area contributed by atoms with E-state index >= 15 is 0 Å². The maximum atomic E-state index is 11.5. The molecule has 1 aromatic carbocycles. The minimum absolute atomic E-state index is 0.0435. The van der Waals surface area contributed by atoms with Crippen LogP contribution in [-0.4, -0.2) is 35.2 Å². The van der Waals surface area contributed by atoms with Gasteiger partial charge in [-0.2, -0.15) is 0 Å². The molecule has 1 aromatic rings. The number of primary amides is 1. The van der Waals surface area contributed by atoms with E-state index < -0.39 is 0 Å². The number of carbonyl (C=O) groups excluding carboxylic acids is 1. The molecule has 0 bridgehead atoms. The lowest BCUT2D eigenvalue weighted by atomic mass is 10.0. The van der Waals surface area contributed by atoms with Crippen molar-refractivity contribution in [3.05, 3.63) is 29.8 Å². The van der Waals surface area contributed by atoms with Crippen LogP contribution in [0.15, 0.2) is 29.2 Å². The summed E-state index contributed by atoms with van der Waals surface area (Å²) >= 11 is 1.95. The number of benzene rings is 1. The van der Waals surface area contributed by atoms with Gasteiger partial charge in [-0.25, -0.2) is 0 Å². The molecule has 0 spiro atoms. The molecule has 3 nitrogen and oxygen atoms in total. The van der Waals surface area contributed by atoms with Crippen LogP contribution < -0.4 is 5.73 Å². The van der Waals surface area contributed by atoms with Gasteiger partial charge in [-0.1, -0.05) is 24.6 Å². The lowest BCUT2D eigenvalue weighted by Gasteiger charge is -2.35. The van der Waals surface area contributed by atoms with Crippen LogP contribution in [0.25, 0.3) is 0 Å². The largest absolute Gasteiger partial charge is 0.368 e. The van der Waals surface area contributed by atoms with Gasteiger partial charge in [0.25, 0.3) is 0 Å². The summed E-state index contributed by atoms with van der Waals surface area (Å²) in [6.07, 6.45) is 4.36. The minimum Gasteiger partial charge on any atom is -0.368 e. The number of amides is 1.